The van der Waals surface area contributed by atoms with Gasteiger partial charge in [0.15, 0.2) is 0 Å². The lowest BCUT2D eigenvalue weighted by Gasteiger charge is -2.18. The summed E-state index contributed by atoms with van der Waals surface area (Å²) in [6.45, 7) is 9.82. The van der Waals surface area contributed by atoms with E-state index in [0.717, 1.165) is 45.6 Å². The summed E-state index contributed by atoms with van der Waals surface area (Å²) in [7, 11) is 0. The molecular weight excluding hydrogens is 228 g/mol. The number of hydrogen-bond donors (Lipinski definition) is 1. The summed E-state index contributed by atoms with van der Waals surface area (Å²) in [4.78, 5) is 0. The molecule has 1 rings (SSSR count). The van der Waals surface area contributed by atoms with Crippen molar-refractivity contribution < 1.29 is 4.74 Å². The third kappa shape index (κ3) is 4.74. The molecule has 0 aliphatic carbocycles. The van der Waals surface area contributed by atoms with Crippen LogP contribution in [0.1, 0.15) is 51.8 Å². The van der Waals surface area contributed by atoms with Crippen LogP contribution in [0.25, 0.3) is 0 Å². The van der Waals surface area contributed by atoms with Gasteiger partial charge in [-0.2, -0.15) is 0 Å². The van der Waals surface area contributed by atoms with E-state index in [0.29, 0.717) is 6.04 Å². The molecule has 1 heterocycles. The Labute approximate surface area is 110 Å². The molecule has 0 spiro atoms. The minimum Gasteiger partial charge on any atom is -0.382 e. The van der Waals surface area contributed by atoms with Gasteiger partial charge in [-0.05, 0) is 32.7 Å². The van der Waals surface area contributed by atoms with Gasteiger partial charge in [0.25, 0.3) is 0 Å². The van der Waals surface area contributed by atoms with Gasteiger partial charge in [-0.1, -0.05) is 19.1 Å². The topological polar surface area (TPSA) is 52.0 Å². The van der Waals surface area contributed by atoms with Gasteiger partial charge >= 0.3 is 0 Å². The lowest BCUT2D eigenvalue weighted by molar-refractivity contribution is 0.140. The number of ether oxygens (including phenoxy) is 1. The average molecular weight is 254 g/mol. The molecule has 1 unspecified atom stereocenters. The zero-order chi connectivity index (χ0) is 13.2. The molecule has 0 fully saturated rings. The fourth-order valence-corrected chi connectivity index (χ4v) is 2.06. The lowest BCUT2D eigenvalue weighted by Crippen LogP contribution is -2.24. The molecule has 1 atom stereocenters. The summed E-state index contributed by atoms with van der Waals surface area (Å²) in [5.41, 5.74) is 1.19. The highest BCUT2D eigenvalue weighted by molar-refractivity contribution is 5.02. The van der Waals surface area contributed by atoms with Crippen molar-refractivity contribution in [1.29, 1.82) is 0 Å². The molecule has 1 N–H and O–H groups in total. The molecule has 0 aromatic carbocycles. The summed E-state index contributed by atoms with van der Waals surface area (Å²) < 4.78 is 7.40. The molecule has 0 aliphatic rings. The van der Waals surface area contributed by atoms with E-state index in [1.165, 1.54) is 5.69 Å². The van der Waals surface area contributed by atoms with Crippen LogP contribution < -0.4 is 5.32 Å². The number of nitrogens with zero attached hydrogens (tertiary/aromatic N) is 3. The Balaban J connectivity index is 2.56. The molecule has 5 nitrogen and oxygen atoms in total. The van der Waals surface area contributed by atoms with E-state index in [2.05, 4.69) is 29.5 Å². The van der Waals surface area contributed by atoms with Crippen molar-refractivity contribution in [1.82, 2.24) is 20.3 Å². The molecular formula is C13H26N4O. The summed E-state index contributed by atoms with van der Waals surface area (Å²) >= 11 is 0. The summed E-state index contributed by atoms with van der Waals surface area (Å²) in [6, 6.07) is 0.331. The largest absolute Gasteiger partial charge is 0.382 e. The molecule has 0 radical (unpaired) electrons. The van der Waals surface area contributed by atoms with E-state index in [1.807, 2.05) is 17.8 Å². The second-order valence-corrected chi connectivity index (χ2v) is 4.33. The smallest absolute Gasteiger partial charge is 0.0756 e. The Morgan fingerprint density at radius 2 is 2.22 bits per heavy atom. The molecule has 18 heavy (non-hydrogen) atoms. The fraction of sp³-hybridized carbons (Fsp3) is 0.846. The van der Waals surface area contributed by atoms with Crippen molar-refractivity contribution in [3.05, 3.63) is 11.9 Å². The molecule has 1 aromatic heterocycles. The second-order valence-electron chi connectivity index (χ2n) is 4.33. The minimum absolute atomic E-state index is 0.331. The van der Waals surface area contributed by atoms with Crippen LogP contribution in [0.15, 0.2) is 6.20 Å². The van der Waals surface area contributed by atoms with Gasteiger partial charge in [-0.3, -0.25) is 0 Å². The fourth-order valence-electron chi connectivity index (χ4n) is 2.06. The standard InChI is InChI=1S/C13H26N4O/c1-4-9-17-13(11-15-16-17)12(14-5-2)8-7-10-18-6-3/h11-12,14H,4-10H2,1-3H3. The first-order valence-corrected chi connectivity index (χ1v) is 7.02. The second kappa shape index (κ2) is 9.05. The summed E-state index contributed by atoms with van der Waals surface area (Å²) in [5.74, 6) is 0. The zero-order valence-corrected chi connectivity index (χ0v) is 11.9. The normalized spacial score (nSPS) is 12.8. The minimum atomic E-state index is 0.331. The van der Waals surface area contributed by atoms with Gasteiger partial charge in [-0.25, -0.2) is 4.68 Å². The number of aryl methyl sites for hydroxylation is 1. The number of hydrogen-bond acceptors (Lipinski definition) is 4. The van der Waals surface area contributed by atoms with Crippen molar-refractivity contribution in [3.63, 3.8) is 0 Å². The van der Waals surface area contributed by atoms with Crippen LogP contribution in [0.4, 0.5) is 0 Å². The first-order chi connectivity index (χ1) is 8.83. The molecule has 1 aromatic rings. The van der Waals surface area contributed by atoms with E-state index in [1.54, 1.807) is 0 Å². The van der Waals surface area contributed by atoms with Crippen LogP contribution in [0.2, 0.25) is 0 Å². The van der Waals surface area contributed by atoms with Gasteiger partial charge in [0.2, 0.25) is 0 Å². The van der Waals surface area contributed by atoms with Crippen molar-refractivity contribution in [2.45, 2.75) is 52.6 Å². The van der Waals surface area contributed by atoms with Crippen LogP contribution in [0.3, 0.4) is 0 Å². The van der Waals surface area contributed by atoms with E-state index >= 15 is 0 Å². The van der Waals surface area contributed by atoms with Gasteiger partial charge in [0.05, 0.1) is 17.9 Å². The Kier molecular flexibility index (Phi) is 7.60. The number of rotatable bonds is 10. The van der Waals surface area contributed by atoms with Crippen molar-refractivity contribution in [2.24, 2.45) is 0 Å². The molecule has 0 saturated carbocycles. The van der Waals surface area contributed by atoms with E-state index < -0.39 is 0 Å². The van der Waals surface area contributed by atoms with Gasteiger partial charge in [0.1, 0.15) is 0 Å². The third-order valence-electron chi connectivity index (χ3n) is 2.88. The van der Waals surface area contributed by atoms with Gasteiger partial charge < -0.3 is 10.1 Å². The maximum Gasteiger partial charge on any atom is 0.0756 e. The lowest BCUT2D eigenvalue weighted by atomic mass is 10.1. The maximum absolute atomic E-state index is 5.39. The highest BCUT2D eigenvalue weighted by Gasteiger charge is 2.15. The SMILES string of the molecule is CCCn1nncc1C(CCCOCC)NCC. The van der Waals surface area contributed by atoms with Gasteiger partial charge in [0, 0.05) is 19.8 Å². The quantitative estimate of drug-likeness (QED) is 0.650. The van der Waals surface area contributed by atoms with Crippen LogP contribution in [0, 0.1) is 0 Å². The maximum atomic E-state index is 5.39. The molecule has 104 valence electrons. The van der Waals surface area contributed by atoms with Crippen LogP contribution in [0.5, 0.6) is 0 Å². The van der Waals surface area contributed by atoms with Crippen molar-refractivity contribution >= 4 is 0 Å². The van der Waals surface area contributed by atoms with E-state index in [9.17, 15) is 0 Å². The number of aromatic nitrogens is 3. The first-order valence-electron chi connectivity index (χ1n) is 7.02. The zero-order valence-electron chi connectivity index (χ0n) is 11.9. The van der Waals surface area contributed by atoms with Crippen LogP contribution >= 0.6 is 0 Å². The van der Waals surface area contributed by atoms with E-state index in [4.69, 9.17) is 4.74 Å². The molecule has 0 saturated heterocycles. The monoisotopic (exact) mass is 254 g/mol. The highest BCUT2D eigenvalue weighted by atomic mass is 16.5. The molecule has 5 heteroatoms. The Hall–Kier alpha value is -0.940. The van der Waals surface area contributed by atoms with E-state index in [-0.39, 0.29) is 0 Å². The third-order valence-corrected chi connectivity index (χ3v) is 2.88. The van der Waals surface area contributed by atoms with Crippen LogP contribution in [-0.4, -0.2) is 34.8 Å². The Morgan fingerprint density at radius 3 is 2.89 bits per heavy atom. The van der Waals surface area contributed by atoms with Crippen molar-refractivity contribution in [2.75, 3.05) is 19.8 Å². The first kappa shape index (κ1) is 15.1. The predicted octanol–water partition coefficient (Wildman–Crippen LogP) is 2.16. The molecule has 0 aliphatic heterocycles. The average Bonchev–Trinajstić information content (AvgIpc) is 2.82. The Bertz CT molecular complexity index is 314. The molecule has 0 amide bonds. The van der Waals surface area contributed by atoms with Gasteiger partial charge in [-0.15, -0.1) is 5.10 Å². The summed E-state index contributed by atoms with van der Waals surface area (Å²) in [6.07, 6.45) is 5.07. The van der Waals surface area contributed by atoms with Crippen molar-refractivity contribution in [3.8, 4) is 0 Å². The predicted molar refractivity (Wildman–Crippen MR) is 72.5 cm³/mol. The Morgan fingerprint density at radius 1 is 1.39 bits per heavy atom. The summed E-state index contributed by atoms with van der Waals surface area (Å²) in [5, 5.41) is 11.7. The molecule has 0 bridgehead atoms. The highest BCUT2D eigenvalue weighted by Crippen LogP contribution is 2.17. The number of nitrogens with one attached hydrogen (secondary N) is 1. The van der Waals surface area contributed by atoms with Crippen LogP contribution in [-0.2, 0) is 11.3 Å².